The van der Waals surface area contributed by atoms with Crippen LogP contribution >= 0.6 is 0 Å². The van der Waals surface area contributed by atoms with Crippen LogP contribution in [0.1, 0.15) is 20.3 Å². The van der Waals surface area contributed by atoms with Crippen molar-refractivity contribution in [2.75, 3.05) is 32.2 Å². The molecule has 1 aromatic heterocycles. The van der Waals surface area contributed by atoms with Crippen molar-refractivity contribution in [1.29, 1.82) is 5.41 Å². The summed E-state index contributed by atoms with van der Waals surface area (Å²) in [6, 6.07) is 1.63. The lowest BCUT2D eigenvalue weighted by Gasteiger charge is -2.24. The van der Waals surface area contributed by atoms with Crippen LogP contribution in [-0.4, -0.2) is 43.1 Å². The summed E-state index contributed by atoms with van der Waals surface area (Å²) in [6.07, 6.45) is 0.468. The second-order valence-electron chi connectivity index (χ2n) is 4.87. The zero-order valence-corrected chi connectivity index (χ0v) is 12.5. The largest absolute Gasteiger partial charge is 0.481 e. The number of rotatable bonds is 8. The van der Waals surface area contributed by atoms with Gasteiger partial charge in [0.1, 0.15) is 0 Å². The molecule has 0 unspecified atom stereocenters. The summed E-state index contributed by atoms with van der Waals surface area (Å²) in [5.74, 6) is 2.00. The molecule has 0 saturated heterocycles. The maximum Gasteiger partial charge on any atom is 0.231 e. The number of hydrogen-bond donors (Lipinski definition) is 2. The van der Waals surface area contributed by atoms with Crippen LogP contribution in [-0.2, 0) is 0 Å². The van der Waals surface area contributed by atoms with Gasteiger partial charge in [-0.1, -0.05) is 13.8 Å². The molecule has 0 bridgehead atoms. The van der Waals surface area contributed by atoms with E-state index in [9.17, 15) is 0 Å². The quantitative estimate of drug-likeness (QED) is 0.550. The van der Waals surface area contributed by atoms with Crippen molar-refractivity contribution in [3.8, 4) is 11.8 Å². The first-order valence-electron chi connectivity index (χ1n) is 6.51. The lowest BCUT2D eigenvalue weighted by atomic mass is 10.2. The zero-order chi connectivity index (χ0) is 15.1. The minimum absolute atomic E-state index is 0.147. The van der Waals surface area contributed by atoms with Crippen LogP contribution in [0.3, 0.4) is 0 Å². The first-order chi connectivity index (χ1) is 9.46. The molecule has 0 fully saturated rings. The summed E-state index contributed by atoms with van der Waals surface area (Å²) in [7, 11) is 3.10. The average Bonchev–Trinajstić information content (AvgIpc) is 2.42. The number of aromatic nitrogens is 2. The van der Waals surface area contributed by atoms with Crippen LogP contribution < -0.4 is 20.1 Å². The molecule has 0 aliphatic rings. The van der Waals surface area contributed by atoms with E-state index in [0.717, 1.165) is 6.54 Å². The fraction of sp³-hybridized carbons (Fsp3) is 0.615. The smallest absolute Gasteiger partial charge is 0.231 e. The molecule has 1 rings (SSSR count). The Kier molecular flexibility index (Phi) is 6.02. The number of methoxy groups -OCH3 is 2. The maximum atomic E-state index is 7.35. The highest BCUT2D eigenvalue weighted by atomic mass is 16.5. The molecule has 20 heavy (non-hydrogen) atoms. The van der Waals surface area contributed by atoms with Gasteiger partial charge in [0.05, 0.1) is 26.1 Å². The molecule has 7 nitrogen and oxygen atoms in total. The van der Waals surface area contributed by atoms with E-state index in [1.807, 2.05) is 4.90 Å². The van der Waals surface area contributed by atoms with Gasteiger partial charge in [-0.2, -0.15) is 9.97 Å². The summed E-state index contributed by atoms with van der Waals surface area (Å²) in [6.45, 7) is 5.57. The van der Waals surface area contributed by atoms with E-state index in [2.05, 4.69) is 23.8 Å². The van der Waals surface area contributed by atoms with E-state index in [0.29, 0.717) is 36.6 Å². The first-order valence-corrected chi connectivity index (χ1v) is 6.51. The Morgan fingerprint density at radius 2 is 1.85 bits per heavy atom. The van der Waals surface area contributed by atoms with E-state index in [1.54, 1.807) is 20.3 Å². The lowest BCUT2D eigenvalue weighted by molar-refractivity contribution is 0.371. The van der Waals surface area contributed by atoms with Crippen molar-refractivity contribution in [1.82, 2.24) is 9.97 Å². The lowest BCUT2D eigenvalue weighted by Crippen LogP contribution is -2.32. The molecule has 0 spiro atoms. The van der Waals surface area contributed by atoms with Gasteiger partial charge in [0, 0.05) is 19.5 Å². The van der Waals surface area contributed by atoms with Gasteiger partial charge in [0.2, 0.25) is 17.7 Å². The number of nitrogens with two attached hydrogens (primary N) is 1. The monoisotopic (exact) mass is 281 g/mol. The van der Waals surface area contributed by atoms with Crippen molar-refractivity contribution >= 4 is 11.8 Å². The van der Waals surface area contributed by atoms with Gasteiger partial charge in [-0.25, -0.2) is 0 Å². The third-order valence-corrected chi connectivity index (χ3v) is 2.61. The predicted octanol–water partition coefficient (Wildman–Crippen LogP) is 1.28. The molecule has 112 valence electrons. The normalized spacial score (nSPS) is 10.4. The Balaban J connectivity index is 3.01. The highest BCUT2D eigenvalue weighted by molar-refractivity contribution is 5.77. The molecule has 1 heterocycles. The van der Waals surface area contributed by atoms with Crippen molar-refractivity contribution in [3.63, 3.8) is 0 Å². The third kappa shape index (κ3) is 4.91. The molecular formula is C13H23N5O2. The summed E-state index contributed by atoms with van der Waals surface area (Å²) in [5.41, 5.74) is 5.43. The van der Waals surface area contributed by atoms with Crippen LogP contribution in [0.25, 0.3) is 0 Å². The minimum atomic E-state index is 0.147. The number of nitrogens with one attached hydrogen (secondary N) is 1. The number of ether oxygens (including phenoxy) is 2. The predicted molar refractivity (Wildman–Crippen MR) is 78.7 cm³/mol. The molecule has 0 saturated carbocycles. The molecule has 7 heteroatoms. The van der Waals surface area contributed by atoms with Gasteiger partial charge < -0.3 is 20.1 Å². The Morgan fingerprint density at radius 1 is 1.30 bits per heavy atom. The SMILES string of the molecule is COc1cc(OC)nc(N(CCC(=N)N)CC(C)C)n1. The van der Waals surface area contributed by atoms with Crippen LogP contribution in [0.2, 0.25) is 0 Å². The third-order valence-electron chi connectivity index (χ3n) is 2.61. The van der Waals surface area contributed by atoms with E-state index < -0.39 is 0 Å². The average molecular weight is 281 g/mol. The zero-order valence-electron chi connectivity index (χ0n) is 12.5. The summed E-state index contributed by atoms with van der Waals surface area (Å²) in [5, 5.41) is 7.35. The van der Waals surface area contributed by atoms with Crippen molar-refractivity contribution in [3.05, 3.63) is 6.07 Å². The van der Waals surface area contributed by atoms with Gasteiger partial charge in [0.25, 0.3) is 0 Å². The number of hydrogen-bond acceptors (Lipinski definition) is 6. The fourth-order valence-corrected chi connectivity index (χ4v) is 1.71. The van der Waals surface area contributed by atoms with Gasteiger partial charge in [-0.05, 0) is 5.92 Å². The Hall–Kier alpha value is -2.05. The van der Waals surface area contributed by atoms with E-state index in [-0.39, 0.29) is 5.84 Å². The maximum absolute atomic E-state index is 7.35. The second kappa shape index (κ2) is 7.52. The molecule has 1 aromatic rings. The summed E-state index contributed by atoms with van der Waals surface area (Å²) in [4.78, 5) is 10.6. The van der Waals surface area contributed by atoms with Gasteiger partial charge in [0.15, 0.2) is 0 Å². The summed E-state index contributed by atoms with van der Waals surface area (Å²) >= 11 is 0. The Bertz CT molecular complexity index is 428. The molecular weight excluding hydrogens is 258 g/mol. The molecule has 0 aliphatic carbocycles. The van der Waals surface area contributed by atoms with Gasteiger partial charge in [-0.3, -0.25) is 5.41 Å². The second-order valence-corrected chi connectivity index (χ2v) is 4.87. The molecule has 3 N–H and O–H groups in total. The van der Waals surface area contributed by atoms with Crippen molar-refractivity contribution in [2.24, 2.45) is 11.7 Å². The number of amidine groups is 1. The van der Waals surface area contributed by atoms with Crippen molar-refractivity contribution in [2.45, 2.75) is 20.3 Å². The van der Waals surface area contributed by atoms with Crippen LogP contribution in [0, 0.1) is 11.3 Å². The highest BCUT2D eigenvalue weighted by Crippen LogP contribution is 2.21. The van der Waals surface area contributed by atoms with Crippen molar-refractivity contribution < 1.29 is 9.47 Å². The highest BCUT2D eigenvalue weighted by Gasteiger charge is 2.15. The molecule has 0 aliphatic heterocycles. The van der Waals surface area contributed by atoms with Gasteiger partial charge in [-0.15, -0.1) is 0 Å². The fourth-order valence-electron chi connectivity index (χ4n) is 1.71. The van der Waals surface area contributed by atoms with Gasteiger partial charge >= 0.3 is 0 Å². The van der Waals surface area contributed by atoms with Crippen LogP contribution in [0.4, 0.5) is 5.95 Å². The Labute approximate surface area is 119 Å². The van der Waals surface area contributed by atoms with E-state index in [4.69, 9.17) is 20.6 Å². The number of nitrogens with zero attached hydrogens (tertiary/aromatic N) is 3. The van der Waals surface area contributed by atoms with E-state index in [1.165, 1.54) is 0 Å². The van der Waals surface area contributed by atoms with Crippen LogP contribution in [0.15, 0.2) is 6.07 Å². The first kappa shape index (κ1) is 16.0. The molecule has 0 atom stereocenters. The van der Waals surface area contributed by atoms with E-state index >= 15 is 0 Å². The summed E-state index contributed by atoms with van der Waals surface area (Å²) < 4.78 is 10.3. The minimum Gasteiger partial charge on any atom is -0.481 e. The molecule has 0 amide bonds. The topological polar surface area (TPSA) is 97.4 Å². The molecule has 0 radical (unpaired) electrons. The standard InChI is InChI=1S/C13H23N5O2/c1-9(2)8-18(6-5-10(14)15)13-16-11(19-3)7-12(17-13)20-4/h7,9H,5-6,8H2,1-4H3,(H3,14,15). The van der Waals surface area contributed by atoms with Crippen LogP contribution in [0.5, 0.6) is 11.8 Å². The number of anilines is 1. The Morgan fingerprint density at radius 3 is 2.25 bits per heavy atom. The molecule has 0 aromatic carbocycles.